The van der Waals surface area contributed by atoms with Crippen LogP contribution in [0.2, 0.25) is 0 Å². The van der Waals surface area contributed by atoms with Crippen LogP contribution >= 0.6 is 0 Å². The van der Waals surface area contributed by atoms with Crippen molar-refractivity contribution in [1.82, 2.24) is 14.9 Å². The summed E-state index contributed by atoms with van der Waals surface area (Å²) in [6.07, 6.45) is 2.80. The fraction of sp³-hybridized carbons (Fsp3) is 0.375. The maximum atomic E-state index is 13.0. The summed E-state index contributed by atoms with van der Waals surface area (Å²) in [7, 11) is 0. The Balaban J connectivity index is 1.57. The summed E-state index contributed by atoms with van der Waals surface area (Å²) in [5.74, 6) is -0.151. The van der Waals surface area contributed by atoms with Gasteiger partial charge in [0, 0.05) is 31.9 Å². The number of halogens is 1. The predicted molar refractivity (Wildman–Crippen MR) is 77.5 cm³/mol. The Bertz CT molecular complexity index is 620. The number of pyridine rings is 2. The van der Waals surface area contributed by atoms with Crippen LogP contribution in [-0.2, 0) is 6.54 Å². The van der Waals surface area contributed by atoms with Crippen LogP contribution in [0.25, 0.3) is 0 Å². The molecule has 1 aliphatic heterocycles. The molecular weight excluding hydrogens is 269 g/mol. The number of aryl methyl sites for hydroxylation is 1. The lowest BCUT2D eigenvalue weighted by molar-refractivity contribution is 0.189. The lowest BCUT2D eigenvalue weighted by Gasteiger charge is -2.17. The van der Waals surface area contributed by atoms with Gasteiger partial charge in [-0.2, -0.15) is 9.37 Å². The Hall–Kier alpha value is -2.01. The van der Waals surface area contributed by atoms with Crippen molar-refractivity contribution in [1.29, 1.82) is 0 Å². The van der Waals surface area contributed by atoms with Crippen molar-refractivity contribution in [3.63, 3.8) is 0 Å². The van der Waals surface area contributed by atoms with Gasteiger partial charge in [-0.3, -0.25) is 9.88 Å². The smallest absolute Gasteiger partial charge is 0.216 e. The van der Waals surface area contributed by atoms with Crippen LogP contribution in [0.1, 0.15) is 17.7 Å². The van der Waals surface area contributed by atoms with Gasteiger partial charge in [-0.15, -0.1) is 0 Å². The maximum Gasteiger partial charge on any atom is 0.216 e. The second-order valence-corrected chi connectivity index (χ2v) is 5.33. The SMILES string of the molecule is Cc1cccnc1CN1CCC(Oc2cccc(F)n2)C1. The molecule has 1 atom stereocenters. The van der Waals surface area contributed by atoms with E-state index in [9.17, 15) is 4.39 Å². The zero-order valence-electron chi connectivity index (χ0n) is 12.0. The van der Waals surface area contributed by atoms with Gasteiger partial charge in [0.2, 0.25) is 11.8 Å². The van der Waals surface area contributed by atoms with Crippen LogP contribution < -0.4 is 4.74 Å². The summed E-state index contributed by atoms with van der Waals surface area (Å²) < 4.78 is 18.8. The first kappa shape index (κ1) is 13.9. The lowest BCUT2D eigenvalue weighted by Crippen LogP contribution is -2.25. The molecule has 0 saturated carbocycles. The molecule has 0 radical (unpaired) electrons. The number of rotatable bonds is 4. The van der Waals surface area contributed by atoms with Crippen molar-refractivity contribution in [3.8, 4) is 5.88 Å². The molecule has 1 fully saturated rings. The molecule has 3 rings (SSSR count). The summed E-state index contributed by atoms with van der Waals surface area (Å²) in [5, 5.41) is 0. The average molecular weight is 287 g/mol. The highest BCUT2D eigenvalue weighted by Gasteiger charge is 2.25. The van der Waals surface area contributed by atoms with Gasteiger partial charge in [0.1, 0.15) is 6.10 Å². The van der Waals surface area contributed by atoms with E-state index >= 15 is 0 Å². The highest BCUT2D eigenvalue weighted by atomic mass is 19.1. The molecule has 0 spiro atoms. The molecule has 110 valence electrons. The largest absolute Gasteiger partial charge is 0.473 e. The van der Waals surface area contributed by atoms with E-state index in [1.807, 2.05) is 12.3 Å². The fourth-order valence-corrected chi connectivity index (χ4v) is 2.56. The van der Waals surface area contributed by atoms with Gasteiger partial charge < -0.3 is 4.74 Å². The molecular formula is C16H18FN3O. The second-order valence-electron chi connectivity index (χ2n) is 5.33. The number of aromatic nitrogens is 2. The van der Waals surface area contributed by atoms with Crippen molar-refractivity contribution in [2.45, 2.75) is 26.0 Å². The first-order chi connectivity index (χ1) is 10.2. The average Bonchev–Trinajstić information content (AvgIpc) is 2.89. The molecule has 1 saturated heterocycles. The number of ether oxygens (including phenoxy) is 1. The molecule has 0 aromatic carbocycles. The molecule has 4 nitrogen and oxygen atoms in total. The highest BCUT2D eigenvalue weighted by molar-refractivity contribution is 5.17. The zero-order chi connectivity index (χ0) is 14.7. The van der Waals surface area contributed by atoms with Gasteiger partial charge in [-0.1, -0.05) is 12.1 Å². The van der Waals surface area contributed by atoms with Crippen molar-refractivity contribution in [2.24, 2.45) is 0 Å². The van der Waals surface area contributed by atoms with Crippen molar-refractivity contribution >= 4 is 0 Å². The standard InChI is InChI=1S/C16H18FN3O/c1-12-4-3-8-18-14(12)11-20-9-7-13(10-20)21-16-6-2-5-15(17)19-16/h2-6,8,13H,7,9-11H2,1H3. The summed E-state index contributed by atoms with van der Waals surface area (Å²) >= 11 is 0. The Morgan fingerprint density at radius 1 is 1.33 bits per heavy atom. The summed E-state index contributed by atoms with van der Waals surface area (Å²) in [4.78, 5) is 10.5. The maximum absolute atomic E-state index is 13.0. The molecule has 5 heteroatoms. The van der Waals surface area contributed by atoms with E-state index in [-0.39, 0.29) is 6.10 Å². The molecule has 0 N–H and O–H groups in total. The summed E-state index contributed by atoms with van der Waals surface area (Å²) in [6, 6.07) is 8.64. The van der Waals surface area contributed by atoms with E-state index in [1.54, 1.807) is 12.1 Å². The van der Waals surface area contributed by atoms with E-state index in [2.05, 4.69) is 27.9 Å². The third kappa shape index (κ3) is 3.55. The Morgan fingerprint density at radius 2 is 2.24 bits per heavy atom. The van der Waals surface area contributed by atoms with Crippen LogP contribution in [0.15, 0.2) is 36.5 Å². The van der Waals surface area contributed by atoms with Crippen LogP contribution in [0.4, 0.5) is 4.39 Å². The normalized spacial score (nSPS) is 18.9. The Morgan fingerprint density at radius 3 is 3.05 bits per heavy atom. The van der Waals surface area contributed by atoms with E-state index in [1.165, 1.54) is 11.6 Å². The molecule has 2 aromatic heterocycles. The molecule has 2 aromatic rings. The number of hydrogen-bond acceptors (Lipinski definition) is 4. The van der Waals surface area contributed by atoms with Crippen LogP contribution in [-0.4, -0.2) is 34.1 Å². The zero-order valence-corrected chi connectivity index (χ0v) is 12.0. The van der Waals surface area contributed by atoms with Crippen molar-refractivity contribution in [2.75, 3.05) is 13.1 Å². The molecule has 21 heavy (non-hydrogen) atoms. The minimum atomic E-state index is -0.508. The van der Waals surface area contributed by atoms with E-state index in [0.717, 1.165) is 31.7 Å². The number of nitrogens with zero attached hydrogens (tertiary/aromatic N) is 3. The topological polar surface area (TPSA) is 38.2 Å². The van der Waals surface area contributed by atoms with Gasteiger partial charge in [0.15, 0.2) is 0 Å². The molecule has 1 aliphatic rings. The van der Waals surface area contributed by atoms with Crippen molar-refractivity contribution in [3.05, 3.63) is 53.7 Å². The van der Waals surface area contributed by atoms with E-state index < -0.39 is 5.95 Å². The van der Waals surface area contributed by atoms with Gasteiger partial charge >= 0.3 is 0 Å². The molecule has 0 aliphatic carbocycles. The third-order valence-corrected chi connectivity index (χ3v) is 3.70. The number of hydrogen-bond donors (Lipinski definition) is 0. The second kappa shape index (κ2) is 6.18. The molecule has 0 amide bonds. The summed E-state index contributed by atoms with van der Waals surface area (Å²) in [5.41, 5.74) is 2.30. The highest BCUT2D eigenvalue weighted by Crippen LogP contribution is 2.19. The van der Waals surface area contributed by atoms with Gasteiger partial charge in [-0.05, 0) is 31.0 Å². The molecule has 3 heterocycles. The lowest BCUT2D eigenvalue weighted by atomic mass is 10.2. The Kier molecular flexibility index (Phi) is 4.10. The van der Waals surface area contributed by atoms with Crippen LogP contribution in [0.5, 0.6) is 5.88 Å². The monoisotopic (exact) mass is 287 g/mol. The van der Waals surface area contributed by atoms with E-state index in [4.69, 9.17) is 4.74 Å². The quantitative estimate of drug-likeness (QED) is 0.810. The van der Waals surface area contributed by atoms with Gasteiger partial charge in [0.25, 0.3) is 0 Å². The number of likely N-dealkylation sites (tertiary alicyclic amines) is 1. The fourth-order valence-electron chi connectivity index (χ4n) is 2.56. The van der Waals surface area contributed by atoms with Gasteiger partial charge in [0.05, 0.1) is 5.69 Å². The first-order valence-electron chi connectivity index (χ1n) is 7.13. The molecule has 0 bridgehead atoms. The third-order valence-electron chi connectivity index (χ3n) is 3.70. The van der Waals surface area contributed by atoms with Crippen molar-refractivity contribution < 1.29 is 9.13 Å². The summed E-state index contributed by atoms with van der Waals surface area (Å²) in [6.45, 7) is 4.66. The Labute approximate surface area is 123 Å². The minimum Gasteiger partial charge on any atom is -0.473 e. The van der Waals surface area contributed by atoms with Gasteiger partial charge in [-0.25, -0.2) is 0 Å². The predicted octanol–water partition coefficient (Wildman–Crippen LogP) is 2.58. The minimum absolute atomic E-state index is 0.0586. The van der Waals surface area contributed by atoms with Crippen LogP contribution in [0.3, 0.4) is 0 Å². The van der Waals surface area contributed by atoms with Crippen LogP contribution in [0, 0.1) is 12.9 Å². The van der Waals surface area contributed by atoms with E-state index in [0.29, 0.717) is 5.88 Å². The first-order valence-corrected chi connectivity index (χ1v) is 7.13. The molecule has 1 unspecified atom stereocenters.